The van der Waals surface area contributed by atoms with Gasteiger partial charge >= 0.3 is 0 Å². The number of hydrogen-bond acceptors (Lipinski definition) is 2. The highest BCUT2D eigenvalue weighted by atomic mass is 19.3. The highest BCUT2D eigenvalue weighted by Crippen LogP contribution is 2.33. The van der Waals surface area contributed by atoms with Crippen LogP contribution in [0, 0.1) is 11.3 Å². The van der Waals surface area contributed by atoms with Crippen molar-refractivity contribution < 1.29 is 13.5 Å². The summed E-state index contributed by atoms with van der Waals surface area (Å²) in [6.07, 6.45) is -0.107. The topological polar surface area (TPSA) is 45.7 Å². The van der Waals surface area contributed by atoms with Gasteiger partial charge in [-0.05, 0) is 25.2 Å². The van der Waals surface area contributed by atoms with Gasteiger partial charge in [-0.2, -0.15) is 0 Å². The van der Waals surface area contributed by atoms with E-state index in [9.17, 15) is 8.78 Å². The summed E-state index contributed by atoms with van der Waals surface area (Å²) in [7, 11) is 0. The molecule has 21 heavy (non-hydrogen) atoms. The number of halogens is 2. The third kappa shape index (κ3) is 6.59. The Balaban J connectivity index is 2.58. The van der Waals surface area contributed by atoms with E-state index in [4.69, 9.17) is 4.74 Å². The van der Waals surface area contributed by atoms with Crippen LogP contribution in [0.25, 0.3) is 0 Å². The molecule has 0 radical (unpaired) electrons. The highest BCUT2D eigenvalue weighted by Gasteiger charge is 2.35. The van der Waals surface area contributed by atoms with E-state index < -0.39 is 13.0 Å². The monoisotopic (exact) mass is 305 g/mol. The van der Waals surface area contributed by atoms with Crippen LogP contribution >= 0.6 is 0 Å². The van der Waals surface area contributed by atoms with Crippen molar-refractivity contribution in [3.05, 3.63) is 0 Å². The summed E-state index contributed by atoms with van der Waals surface area (Å²) in [5.41, 5.74) is 0.0746. The van der Waals surface area contributed by atoms with Crippen LogP contribution in [0.4, 0.5) is 8.78 Å². The van der Waals surface area contributed by atoms with Gasteiger partial charge in [-0.1, -0.05) is 20.8 Å². The van der Waals surface area contributed by atoms with Gasteiger partial charge in [0.05, 0.1) is 6.10 Å². The lowest BCUT2D eigenvalue weighted by Gasteiger charge is -2.40. The minimum Gasteiger partial charge on any atom is -0.377 e. The fraction of sp³-hybridized carbons (Fsp3) is 0.933. The Bertz CT molecular complexity index is 329. The number of rotatable bonds is 5. The lowest BCUT2D eigenvalue weighted by atomic mass is 9.78. The van der Waals surface area contributed by atoms with E-state index in [1.807, 2.05) is 6.92 Å². The summed E-state index contributed by atoms with van der Waals surface area (Å²) >= 11 is 0. The lowest BCUT2D eigenvalue weighted by molar-refractivity contribution is -0.0835. The molecule has 0 aromatic rings. The Hall–Kier alpha value is -0.910. The molecule has 1 aliphatic heterocycles. The maximum Gasteiger partial charge on any atom is 0.257 e. The average molecular weight is 305 g/mol. The molecule has 0 aromatic carbocycles. The molecule has 1 saturated heterocycles. The Morgan fingerprint density at radius 3 is 2.62 bits per heavy atom. The fourth-order valence-corrected chi connectivity index (χ4v) is 2.74. The molecule has 1 aliphatic rings. The standard InChI is InChI=1S/C15H29F2N3O/c1-5-18-14(20-10-12(16)17)19-9-11-7-6-8-21-13(11)15(2,3)4/h11-13H,5-10H2,1-4H3,(H2,18,19,20). The number of nitrogens with one attached hydrogen (secondary N) is 2. The third-order valence-electron chi connectivity index (χ3n) is 3.56. The van der Waals surface area contributed by atoms with Crippen LogP contribution < -0.4 is 10.6 Å². The molecule has 0 amide bonds. The van der Waals surface area contributed by atoms with Gasteiger partial charge in [-0.25, -0.2) is 13.8 Å². The summed E-state index contributed by atoms with van der Waals surface area (Å²) < 4.78 is 30.5. The fourth-order valence-electron chi connectivity index (χ4n) is 2.74. The van der Waals surface area contributed by atoms with E-state index in [0.717, 1.165) is 19.4 Å². The summed E-state index contributed by atoms with van der Waals surface area (Å²) in [5, 5.41) is 6.17. The molecule has 0 aromatic heterocycles. The molecule has 0 saturated carbocycles. The predicted octanol–water partition coefficient (Wildman–Crippen LogP) is 2.65. The number of alkyl halides is 2. The van der Waals surface area contributed by atoms with Gasteiger partial charge in [0.25, 0.3) is 6.43 Å². The second-order valence-electron chi connectivity index (χ2n) is 6.55. The summed E-state index contributed by atoms with van der Waals surface area (Å²) in [4.78, 5) is 3.89. The minimum absolute atomic E-state index is 0.0746. The third-order valence-corrected chi connectivity index (χ3v) is 3.56. The van der Waals surface area contributed by atoms with E-state index in [2.05, 4.69) is 36.4 Å². The zero-order chi connectivity index (χ0) is 15.9. The van der Waals surface area contributed by atoms with Gasteiger partial charge in [0.1, 0.15) is 6.54 Å². The molecule has 2 atom stereocenters. The van der Waals surface area contributed by atoms with Gasteiger partial charge in [-0.15, -0.1) is 0 Å². The van der Waals surface area contributed by atoms with Crippen LogP contribution in [0.5, 0.6) is 0 Å². The first-order chi connectivity index (χ1) is 9.84. The van der Waals surface area contributed by atoms with Crippen molar-refractivity contribution in [1.29, 1.82) is 0 Å². The number of ether oxygens (including phenoxy) is 1. The van der Waals surface area contributed by atoms with Gasteiger partial charge in [0.2, 0.25) is 0 Å². The quantitative estimate of drug-likeness (QED) is 0.606. The van der Waals surface area contributed by atoms with Crippen molar-refractivity contribution in [2.24, 2.45) is 16.3 Å². The molecule has 0 bridgehead atoms. The average Bonchev–Trinajstić information content (AvgIpc) is 2.41. The van der Waals surface area contributed by atoms with Crippen molar-refractivity contribution in [3.63, 3.8) is 0 Å². The van der Waals surface area contributed by atoms with Gasteiger partial charge in [0, 0.05) is 25.6 Å². The molecule has 0 spiro atoms. The molecule has 2 N–H and O–H groups in total. The van der Waals surface area contributed by atoms with Crippen LogP contribution in [-0.4, -0.2) is 44.7 Å². The first kappa shape index (κ1) is 18.1. The second-order valence-corrected chi connectivity index (χ2v) is 6.55. The molecule has 4 nitrogen and oxygen atoms in total. The van der Waals surface area contributed by atoms with E-state index in [1.165, 1.54) is 0 Å². The van der Waals surface area contributed by atoms with E-state index >= 15 is 0 Å². The second kappa shape index (κ2) is 8.51. The molecule has 1 heterocycles. The molecule has 1 rings (SSSR count). The Kier molecular flexibility index (Phi) is 7.35. The van der Waals surface area contributed by atoms with Gasteiger partial charge in [-0.3, -0.25) is 0 Å². The number of nitrogens with zero attached hydrogens (tertiary/aromatic N) is 1. The molecule has 1 fully saturated rings. The van der Waals surface area contributed by atoms with Crippen LogP contribution in [0.1, 0.15) is 40.5 Å². The smallest absolute Gasteiger partial charge is 0.257 e. The zero-order valence-corrected chi connectivity index (χ0v) is 13.6. The molecule has 2 unspecified atom stereocenters. The normalized spacial score (nSPS) is 24.2. The molecule has 124 valence electrons. The summed E-state index contributed by atoms with van der Waals surface area (Å²) in [6, 6.07) is 0. The van der Waals surface area contributed by atoms with Crippen LogP contribution in [-0.2, 0) is 4.74 Å². The molecular weight excluding hydrogens is 276 g/mol. The number of guanidine groups is 1. The Labute approximate surface area is 126 Å². The predicted molar refractivity (Wildman–Crippen MR) is 81.9 cm³/mol. The first-order valence-corrected chi connectivity index (χ1v) is 7.76. The van der Waals surface area contributed by atoms with Crippen LogP contribution in [0.3, 0.4) is 0 Å². The minimum atomic E-state index is -2.42. The van der Waals surface area contributed by atoms with Crippen molar-refractivity contribution in [1.82, 2.24) is 10.6 Å². The van der Waals surface area contributed by atoms with E-state index in [1.54, 1.807) is 0 Å². The zero-order valence-electron chi connectivity index (χ0n) is 13.6. The van der Waals surface area contributed by atoms with Crippen molar-refractivity contribution in [2.75, 3.05) is 26.2 Å². The number of aliphatic imine (C=N–C) groups is 1. The maximum absolute atomic E-state index is 12.3. The summed E-state index contributed by atoms with van der Waals surface area (Å²) in [5.74, 6) is 0.824. The Morgan fingerprint density at radius 1 is 1.33 bits per heavy atom. The largest absolute Gasteiger partial charge is 0.377 e. The highest BCUT2D eigenvalue weighted by molar-refractivity contribution is 5.79. The molecule has 0 aliphatic carbocycles. The summed E-state index contributed by atoms with van der Waals surface area (Å²) in [6.45, 7) is 10.1. The van der Waals surface area contributed by atoms with E-state index in [0.29, 0.717) is 25.0 Å². The van der Waals surface area contributed by atoms with E-state index in [-0.39, 0.29) is 11.5 Å². The molecular formula is C15H29F2N3O. The van der Waals surface area contributed by atoms with Crippen LogP contribution in [0.2, 0.25) is 0 Å². The van der Waals surface area contributed by atoms with Gasteiger partial charge in [0.15, 0.2) is 5.96 Å². The van der Waals surface area contributed by atoms with Crippen molar-refractivity contribution >= 4 is 5.96 Å². The SMILES string of the molecule is CCNC(=NCC(F)F)NCC1CCCOC1C(C)(C)C. The number of hydrogen-bond donors (Lipinski definition) is 2. The lowest BCUT2D eigenvalue weighted by Crippen LogP contribution is -2.47. The van der Waals surface area contributed by atoms with Crippen LogP contribution in [0.15, 0.2) is 4.99 Å². The van der Waals surface area contributed by atoms with Crippen molar-refractivity contribution in [2.45, 2.75) is 53.1 Å². The molecule has 6 heteroatoms. The maximum atomic E-state index is 12.3. The first-order valence-electron chi connectivity index (χ1n) is 7.76. The van der Waals surface area contributed by atoms with Gasteiger partial charge < -0.3 is 15.4 Å². The van der Waals surface area contributed by atoms with Crippen molar-refractivity contribution in [3.8, 4) is 0 Å². The Morgan fingerprint density at radius 2 is 2.05 bits per heavy atom.